The van der Waals surface area contributed by atoms with Gasteiger partial charge in [-0.05, 0) is 111 Å². The van der Waals surface area contributed by atoms with Gasteiger partial charge in [0, 0.05) is 12.5 Å². The molecule has 12 heteroatoms. The van der Waals surface area contributed by atoms with Crippen LogP contribution >= 0.6 is 0 Å². The first-order chi connectivity index (χ1) is 23.8. The topological polar surface area (TPSA) is 180 Å². The molecule has 4 aliphatic carbocycles. The maximum atomic E-state index is 10.9. The van der Waals surface area contributed by atoms with Crippen molar-refractivity contribution in [3.05, 3.63) is 0 Å². The number of aliphatic hydroxyl groups is 6. The second kappa shape index (κ2) is 13.4. The third-order valence-electron chi connectivity index (χ3n) is 16.0. The van der Waals surface area contributed by atoms with Crippen LogP contribution in [0.2, 0.25) is 0 Å². The highest BCUT2D eigenvalue weighted by Gasteiger charge is 2.68. The number of nitrogens with one attached hydrogen (secondary N) is 1. The maximum absolute atomic E-state index is 10.9. The third kappa shape index (κ3) is 5.77. The third-order valence-corrected chi connectivity index (χ3v) is 16.0. The van der Waals surface area contributed by atoms with Gasteiger partial charge in [-0.25, -0.2) is 0 Å². The van der Waals surface area contributed by atoms with Gasteiger partial charge in [0.1, 0.15) is 48.5 Å². The highest BCUT2D eigenvalue weighted by atomic mass is 16.7. The molecular weight excluding hydrogens is 646 g/mol. The Morgan fingerprint density at radius 1 is 0.760 bits per heavy atom. The smallest absolute Gasteiger partial charge is 0.186 e. The molecule has 21 atom stereocenters. The first kappa shape index (κ1) is 36.5. The van der Waals surface area contributed by atoms with Crippen LogP contribution < -0.4 is 5.32 Å². The monoisotopic (exact) mass is 709 g/mol. The predicted octanol–water partition coefficient (Wildman–Crippen LogP) is 1.65. The van der Waals surface area contributed by atoms with Crippen LogP contribution in [0.5, 0.6) is 0 Å². The minimum atomic E-state index is -1.52. The van der Waals surface area contributed by atoms with Crippen molar-refractivity contribution >= 4 is 0 Å². The van der Waals surface area contributed by atoms with E-state index in [4.69, 9.17) is 23.7 Å². The lowest BCUT2D eigenvalue weighted by atomic mass is 9.44. The van der Waals surface area contributed by atoms with Crippen molar-refractivity contribution in [2.75, 3.05) is 19.8 Å². The van der Waals surface area contributed by atoms with Crippen LogP contribution in [0.15, 0.2) is 0 Å². The first-order valence-corrected chi connectivity index (χ1v) is 19.8. The quantitative estimate of drug-likeness (QED) is 0.206. The van der Waals surface area contributed by atoms with Gasteiger partial charge in [0.15, 0.2) is 12.6 Å². The molecule has 4 heterocycles. The highest BCUT2D eigenvalue weighted by molar-refractivity contribution is 5.16. The standard InChI is InChI=1S/C38H63NO11/c1-18-7-12-38(39-15-18)19(2)28-26(50-38)14-24-22-6-5-20-13-21(8-10-36(20,3)23(22)9-11-37(24,28)4)48-35-33(45)31(43)30(42)27(49-35)17-47-34-32(44)29(41)25(40)16-46-34/h18-35,39-45H,5-17H2,1-4H3. The minimum Gasteiger partial charge on any atom is -0.388 e. The Morgan fingerprint density at radius 3 is 2.28 bits per heavy atom. The Hall–Kier alpha value is -0.480. The number of rotatable bonds is 5. The molecule has 0 aromatic rings. The fourth-order valence-corrected chi connectivity index (χ4v) is 13.0. The van der Waals surface area contributed by atoms with Crippen molar-refractivity contribution in [2.45, 2.75) is 165 Å². The van der Waals surface area contributed by atoms with E-state index in [1.807, 2.05) is 0 Å². The molecule has 4 saturated heterocycles. The van der Waals surface area contributed by atoms with E-state index in [-0.39, 0.29) is 30.5 Å². The van der Waals surface area contributed by atoms with E-state index >= 15 is 0 Å². The van der Waals surface area contributed by atoms with Crippen LogP contribution in [0, 0.1) is 52.3 Å². The van der Waals surface area contributed by atoms with Crippen molar-refractivity contribution in [3.8, 4) is 0 Å². The molecule has 0 bridgehead atoms. The molecule has 8 aliphatic rings. The summed E-state index contributed by atoms with van der Waals surface area (Å²) in [6.07, 6.45) is -0.566. The van der Waals surface area contributed by atoms with Gasteiger partial charge in [-0.1, -0.05) is 27.7 Å². The minimum absolute atomic E-state index is 0.133. The Bertz CT molecular complexity index is 1220. The lowest BCUT2D eigenvalue weighted by molar-refractivity contribution is -0.331. The van der Waals surface area contributed by atoms with E-state index in [2.05, 4.69) is 33.0 Å². The van der Waals surface area contributed by atoms with E-state index in [0.717, 1.165) is 50.5 Å². The van der Waals surface area contributed by atoms with E-state index in [1.54, 1.807) is 0 Å². The molecule has 7 N–H and O–H groups in total. The molecule has 21 unspecified atom stereocenters. The average molecular weight is 710 g/mol. The summed E-state index contributed by atoms with van der Waals surface area (Å²) in [6, 6.07) is 0. The molecular formula is C38H63NO11. The van der Waals surface area contributed by atoms with E-state index in [0.29, 0.717) is 41.1 Å². The number of piperidine rings is 1. The number of ether oxygens (including phenoxy) is 5. The van der Waals surface area contributed by atoms with Crippen molar-refractivity contribution in [1.82, 2.24) is 5.32 Å². The van der Waals surface area contributed by atoms with Gasteiger partial charge in [0.05, 0.1) is 25.4 Å². The molecule has 12 nitrogen and oxygen atoms in total. The van der Waals surface area contributed by atoms with Gasteiger partial charge in [-0.2, -0.15) is 0 Å². The van der Waals surface area contributed by atoms with Crippen molar-refractivity contribution in [3.63, 3.8) is 0 Å². The Kier molecular flexibility index (Phi) is 9.76. The molecule has 1 spiro atoms. The molecule has 8 fully saturated rings. The number of hydrogen-bond donors (Lipinski definition) is 7. The summed E-state index contributed by atoms with van der Waals surface area (Å²) in [7, 11) is 0. The van der Waals surface area contributed by atoms with Crippen LogP contribution in [-0.2, 0) is 23.7 Å². The largest absolute Gasteiger partial charge is 0.388 e. The normalized spacial score (nSPS) is 59.4. The fourth-order valence-electron chi connectivity index (χ4n) is 13.0. The van der Waals surface area contributed by atoms with E-state index in [9.17, 15) is 30.6 Å². The fraction of sp³-hybridized carbons (Fsp3) is 1.00. The zero-order chi connectivity index (χ0) is 35.3. The van der Waals surface area contributed by atoms with Crippen molar-refractivity contribution in [1.29, 1.82) is 0 Å². The zero-order valence-electron chi connectivity index (χ0n) is 30.3. The summed E-state index contributed by atoms with van der Waals surface area (Å²) < 4.78 is 30.4. The van der Waals surface area contributed by atoms with Gasteiger partial charge in [-0.3, -0.25) is 5.32 Å². The Balaban J connectivity index is 0.889. The van der Waals surface area contributed by atoms with Crippen LogP contribution in [0.4, 0.5) is 0 Å². The van der Waals surface area contributed by atoms with Gasteiger partial charge in [0.2, 0.25) is 0 Å². The average Bonchev–Trinajstić information content (AvgIpc) is 3.54. The lowest BCUT2D eigenvalue weighted by Gasteiger charge is -2.61. The number of hydrogen-bond acceptors (Lipinski definition) is 12. The second-order valence-electron chi connectivity index (χ2n) is 18.5. The van der Waals surface area contributed by atoms with Crippen molar-refractivity contribution < 1.29 is 54.3 Å². The highest BCUT2D eigenvalue weighted by Crippen LogP contribution is 2.71. The van der Waals surface area contributed by atoms with Crippen LogP contribution in [-0.4, -0.2) is 124 Å². The molecule has 0 amide bonds. The maximum Gasteiger partial charge on any atom is 0.186 e. The second-order valence-corrected chi connectivity index (χ2v) is 18.5. The first-order valence-electron chi connectivity index (χ1n) is 19.8. The summed E-state index contributed by atoms with van der Waals surface area (Å²) in [5.41, 5.74) is 0.422. The molecule has 286 valence electrons. The van der Waals surface area contributed by atoms with Crippen LogP contribution in [0.3, 0.4) is 0 Å². The molecule has 0 aromatic carbocycles. The van der Waals surface area contributed by atoms with Crippen LogP contribution in [0.25, 0.3) is 0 Å². The number of aliphatic hydroxyl groups excluding tert-OH is 6. The number of fused-ring (bicyclic) bond motifs is 7. The van der Waals surface area contributed by atoms with Gasteiger partial charge >= 0.3 is 0 Å². The molecule has 4 aliphatic heterocycles. The van der Waals surface area contributed by atoms with E-state index < -0.39 is 55.3 Å². The lowest BCUT2D eigenvalue weighted by Crippen LogP contribution is -2.61. The SMILES string of the molecule is CC1CCC2(NC1)OC1CC3C4CCC5CC(OC6OC(COC7OCC(O)C(O)C7O)C(O)C(O)C6O)CCC5(C)C4CCC3(C)C1C2C. The summed E-state index contributed by atoms with van der Waals surface area (Å²) in [5, 5.41) is 66.1. The van der Waals surface area contributed by atoms with Gasteiger partial charge in [0.25, 0.3) is 0 Å². The summed E-state index contributed by atoms with van der Waals surface area (Å²) in [6.45, 7) is 10.5. The van der Waals surface area contributed by atoms with E-state index in [1.165, 1.54) is 32.1 Å². The molecule has 0 radical (unpaired) electrons. The molecule has 4 saturated carbocycles. The Labute approximate surface area is 296 Å². The summed E-state index contributed by atoms with van der Waals surface area (Å²) in [5.74, 6) is 4.48. The molecule has 8 rings (SSSR count). The van der Waals surface area contributed by atoms with Crippen molar-refractivity contribution in [2.24, 2.45) is 52.3 Å². The predicted molar refractivity (Wildman–Crippen MR) is 179 cm³/mol. The summed E-state index contributed by atoms with van der Waals surface area (Å²) >= 11 is 0. The zero-order valence-corrected chi connectivity index (χ0v) is 30.3. The molecule has 50 heavy (non-hydrogen) atoms. The van der Waals surface area contributed by atoms with Gasteiger partial charge < -0.3 is 54.3 Å². The Morgan fingerprint density at radius 2 is 1.52 bits per heavy atom. The summed E-state index contributed by atoms with van der Waals surface area (Å²) in [4.78, 5) is 0. The molecule has 0 aromatic heterocycles. The van der Waals surface area contributed by atoms with Crippen LogP contribution in [0.1, 0.15) is 91.9 Å². The van der Waals surface area contributed by atoms with Gasteiger partial charge in [-0.15, -0.1) is 0 Å².